The molecule has 3 heterocycles. The average molecular weight is 405 g/mol. The maximum Gasteiger partial charge on any atom is 0.194 e. The number of H-pyrrole nitrogens is 1. The Labute approximate surface area is 172 Å². The van der Waals surface area contributed by atoms with Gasteiger partial charge in [0.05, 0.1) is 13.2 Å². The van der Waals surface area contributed by atoms with E-state index in [4.69, 9.17) is 22.4 Å². The second-order valence-electron chi connectivity index (χ2n) is 6.66. The number of aromatic amines is 1. The van der Waals surface area contributed by atoms with E-state index in [-0.39, 0.29) is 11.1 Å². The van der Waals surface area contributed by atoms with Gasteiger partial charge in [-0.2, -0.15) is 10.5 Å². The van der Waals surface area contributed by atoms with Gasteiger partial charge < -0.3 is 14.2 Å². The zero-order chi connectivity index (χ0) is 20.5. The fourth-order valence-electron chi connectivity index (χ4n) is 3.76. The molecule has 0 saturated carbocycles. The summed E-state index contributed by atoms with van der Waals surface area (Å²) in [5, 5.41) is 31.1. The van der Waals surface area contributed by atoms with Crippen LogP contribution in [0.1, 0.15) is 18.1 Å². The molecule has 4 rings (SSSR count). The highest BCUT2D eigenvalue weighted by atomic mass is 32.1. The quantitative estimate of drug-likeness (QED) is 0.651. The van der Waals surface area contributed by atoms with Gasteiger partial charge >= 0.3 is 0 Å². The van der Waals surface area contributed by atoms with Crippen molar-refractivity contribution < 1.29 is 4.74 Å². The molecule has 2 aromatic heterocycles. The van der Waals surface area contributed by atoms with Crippen molar-refractivity contribution in [3.8, 4) is 23.3 Å². The van der Waals surface area contributed by atoms with E-state index in [9.17, 15) is 10.5 Å². The molecule has 1 aliphatic heterocycles. The fourth-order valence-corrected chi connectivity index (χ4v) is 4.07. The van der Waals surface area contributed by atoms with E-state index >= 15 is 0 Å². The number of hydrogen-bond acceptors (Lipinski definition) is 6. The van der Waals surface area contributed by atoms with Crippen molar-refractivity contribution in [3.05, 3.63) is 45.7 Å². The predicted molar refractivity (Wildman–Crippen MR) is 110 cm³/mol. The van der Waals surface area contributed by atoms with Crippen LogP contribution in [0.3, 0.4) is 0 Å². The number of nitrogens with zero attached hydrogens (tertiary/aromatic N) is 5. The van der Waals surface area contributed by atoms with Gasteiger partial charge in [0.15, 0.2) is 15.9 Å². The summed E-state index contributed by atoms with van der Waals surface area (Å²) < 4.78 is 8.98. The molecule has 1 saturated heterocycles. The largest absolute Gasteiger partial charge is 0.378 e. The highest BCUT2D eigenvalue weighted by Gasteiger charge is 2.21. The number of aromatic nitrogens is 3. The number of pyridine rings is 1. The molecular formula is C20H19N7OS. The molecule has 0 atom stereocenters. The van der Waals surface area contributed by atoms with E-state index in [1.165, 1.54) is 4.52 Å². The Hall–Kier alpha value is -3.40. The second-order valence-corrected chi connectivity index (χ2v) is 7.05. The first kappa shape index (κ1) is 18.9. The Kier molecular flexibility index (Phi) is 4.93. The minimum atomic E-state index is -0.0212. The van der Waals surface area contributed by atoms with Crippen LogP contribution < -0.4 is 10.4 Å². The topological polar surface area (TPSA) is 109 Å². The molecule has 0 radical (unpaired) electrons. The minimum Gasteiger partial charge on any atom is -0.378 e. The third kappa shape index (κ3) is 3.01. The molecule has 146 valence electrons. The number of ether oxygens (including phenoxy) is 1. The summed E-state index contributed by atoms with van der Waals surface area (Å²) in [5.74, 6) is 0. The van der Waals surface area contributed by atoms with Crippen LogP contribution in [0.15, 0.2) is 24.3 Å². The molecule has 0 unspecified atom stereocenters. The molecule has 0 bridgehead atoms. The Balaban J connectivity index is 1.96. The first-order valence-electron chi connectivity index (χ1n) is 9.30. The van der Waals surface area contributed by atoms with E-state index in [2.05, 4.69) is 22.1 Å². The van der Waals surface area contributed by atoms with Crippen molar-refractivity contribution in [2.75, 3.05) is 31.2 Å². The second kappa shape index (κ2) is 7.55. The summed E-state index contributed by atoms with van der Waals surface area (Å²) in [6.45, 7) is 5.51. The van der Waals surface area contributed by atoms with Crippen LogP contribution in [0.4, 0.5) is 5.69 Å². The lowest BCUT2D eigenvalue weighted by atomic mass is 9.96. The summed E-state index contributed by atoms with van der Waals surface area (Å²) in [7, 11) is 0. The molecule has 0 amide bonds. The highest BCUT2D eigenvalue weighted by Crippen LogP contribution is 2.30. The van der Waals surface area contributed by atoms with Gasteiger partial charge in [-0.15, -0.1) is 0 Å². The van der Waals surface area contributed by atoms with E-state index in [0.717, 1.165) is 24.3 Å². The number of nitrogens with one attached hydrogen (secondary N) is 2. The SMILES string of the molecule is CCn1c(=S)[nH]n2c(=N)c(C#N)c(-c3ccc(N4CCOCC4)cc3)c(C#N)c12. The summed E-state index contributed by atoms with van der Waals surface area (Å²) in [6, 6.07) is 12.1. The molecule has 1 aromatic carbocycles. The van der Waals surface area contributed by atoms with Crippen LogP contribution in [0.5, 0.6) is 0 Å². The molecule has 1 aliphatic rings. The van der Waals surface area contributed by atoms with Crippen molar-refractivity contribution in [1.82, 2.24) is 14.2 Å². The smallest absolute Gasteiger partial charge is 0.194 e. The van der Waals surface area contributed by atoms with Crippen molar-refractivity contribution in [2.24, 2.45) is 0 Å². The van der Waals surface area contributed by atoms with Crippen LogP contribution in [-0.4, -0.2) is 40.5 Å². The molecule has 0 aliphatic carbocycles. The normalized spacial score (nSPS) is 14.0. The van der Waals surface area contributed by atoms with Gasteiger partial charge in [-0.25, -0.2) is 4.52 Å². The van der Waals surface area contributed by atoms with Crippen LogP contribution in [0, 0.1) is 32.8 Å². The van der Waals surface area contributed by atoms with E-state index < -0.39 is 0 Å². The Morgan fingerprint density at radius 3 is 2.38 bits per heavy atom. The average Bonchev–Trinajstić information content (AvgIpc) is 3.10. The lowest BCUT2D eigenvalue weighted by Crippen LogP contribution is -2.36. The first-order chi connectivity index (χ1) is 14.1. The van der Waals surface area contributed by atoms with Crippen LogP contribution in [0.25, 0.3) is 16.8 Å². The Morgan fingerprint density at radius 2 is 1.79 bits per heavy atom. The number of nitriles is 2. The van der Waals surface area contributed by atoms with Gasteiger partial charge in [0.2, 0.25) is 0 Å². The Morgan fingerprint density at radius 1 is 1.14 bits per heavy atom. The number of benzene rings is 1. The van der Waals surface area contributed by atoms with Gasteiger partial charge in [0.1, 0.15) is 23.3 Å². The van der Waals surface area contributed by atoms with Crippen molar-refractivity contribution in [3.63, 3.8) is 0 Å². The van der Waals surface area contributed by atoms with Crippen molar-refractivity contribution >= 4 is 23.6 Å². The molecule has 29 heavy (non-hydrogen) atoms. The zero-order valence-corrected chi connectivity index (χ0v) is 16.7. The number of hydrogen-bond donors (Lipinski definition) is 2. The number of fused-ring (bicyclic) bond motifs is 1. The third-order valence-corrected chi connectivity index (χ3v) is 5.49. The highest BCUT2D eigenvalue weighted by molar-refractivity contribution is 7.71. The molecule has 0 spiro atoms. The van der Waals surface area contributed by atoms with E-state index in [0.29, 0.717) is 41.3 Å². The molecule has 9 heteroatoms. The molecule has 8 nitrogen and oxygen atoms in total. The van der Waals surface area contributed by atoms with Crippen LogP contribution >= 0.6 is 12.2 Å². The van der Waals surface area contributed by atoms with E-state index in [1.54, 1.807) is 4.57 Å². The number of rotatable bonds is 3. The minimum absolute atomic E-state index is 0.0212. The monoisotopic (exact) mass is 405 g/mol. The maximum absolute atomic E-state index is 9.96. The first-order valence-corrected chi connectivity index (χ1v) is 9.71. The predicted octanol–water partition coefficient (Wildman–Crippen LogP) is 2.54. The molecule has 3 aromatic rings. The van der Waals surface area contributed by atoms with Gasteiger partial charge in [-0.1, -0.05) is 12.1 Å². The fraction of sp³-hybridized carbons (Fsp3) is 0.300. The lowest BCUT2D eigenvalue weighted by Gasteiger charge is -2.29. The zero-order valence-electron chi connectivity index (χ0n) is 15.9. The van der Waals surface area contributed by atoms with Gasteiger partial charge in [-0.05, 0) is 36.8 Å². The standard InChI is InChI=1S/C20H19N7OS/c1-2-26-19-16(12-22)17(15(11-21)18(23)27(19)24-20(26)29)13-3-5-14(6-4-13)25-7-9-28-10-8-25/h3-6,23H,2,7-10H2,1H3,(H,24,29). The molecular weight excluding hydrogens is 386 g/mol. The number of anilines is 1. The van der Waals surface area contributed by atoms with E-state index in [1.807, 2.05) is 31.2 Å². The van der Waals surface area contributed by atoms with Gasteiger partial charge in [0.25, 0.3) is 0 Å². The van der Waals surface area contributed by atoms with Crippen LogP contribution in [-0.2, 0) is 11.3 Å². The Bertz CT molecular complexity index is 1280. The maximum atomic E-state index is 9.96. The summed E-state index contributed by atoms with van der Waals surface area (Å²) in [6.07, 6.45) is 0. The lowest BCUT2D eigenvalue weighted by molar-refractivity contribution is 0.122. The number of morpholine rings is 1. The number of aryl methyl sites for hydroxylation is 1. The summed E-state index contributed by atoms with van der Waals surface area (Å²) >= 11 is 5.34. The third-order valence-electron chi connectivity index (χ3n) is 5.18. The van der Waals surface area contributed by atoms with Crippen molar-refractivity contribution in [2.45, 2.75) is 13.5 Å². The molecule has 2 N–H and O–H groups in total. The summed E-state index contributed by atoms with van der Waals surface area (Å²) in [4.78, 5) is 2.24. The van der Waals surface area contributed by atoms with Crippen LogP contribution in [0.2, 0.25) is 0 Å². The van der Waals surface area contributed by atoms with Crippen molar-refractivity contribution in [1.29, 1.82) is 15.9 Å². The molecule has 1 fully saturated rings. The van der Waals surface area contributed by atoms with Gasteiger partial charge in [0, 0.05) is 30.9 Å². The van der Waals surface area contributed by atoms with Gasteiger partial charge in [-0.3, -0.25) is 10.5 Å². The summed E-state index contributed by atoms with van der Waals surface area (Å²) in [5.41, 5.74) is 3.19.